The summed E-state index contributed by atoms with van der Waals surface area (Å²) >= 11 is 1.96. The number of hydrogen-bond donors (Lipinski definition) is 0. The van der Waals surface area contributed by atoms with Crippen LogP contribution in [0.25, 0.3) is 0 Å². The number of thioether (sulfide) groups is 1. The number of methoxy groups -OCH3 is 1. The van der Waals surface area contributed by atoms with Gasteiger partial charge in [-0.05, 0) is 24.3 Å². The number of carbonyl (C=O) groups excluding carboxylic acids is 1. The molecule has 0 amide bonds. The van der Waals surface area contributed by atoms with E-state index in [0.29, 0.717) is 6.04 Å². The van der Waals surface area contributed by atoms with Crippen LogP contribution >= 0.6 is 11.8 Å². The van der Waals surface area contributed by atoms with Crippen LogP contribution in [0.4, 0.5) is 0 Å². The van der Waals surface area contributed by atoms with Crippen molar-refractivity contribution in [3.05, 3.63) is 11.9 Å². The SMILES string of the molecule is COC(=O)c1cn(C2CCSCC2)nn1. The van der Waals surface area contributed by atoms with Gasteiger partial charge in [-0.2, -0.15) is 11.8 Å². The van der Waals surface area contributed by atoms with Crippen molar-refractivity contribution in [3.63, 3.8) is 0 Å². The number of aromatic nitrogens is 3. The summed E-state index contributed by atoms with van der Waals surface area (Å²) in [4.78, 5) is 11.2. The molecular weight excluding hydrogens is 214 g/mol. The van der Waals surface area contributed by atoms with E-state index < -0.39 is 5.97 Å². The highest BCUT2D eigenvalue weighted by atomic mass is 32.2. The molecule has 1 fully saturated rings. The Kier molecular flexibility index (Phi) is 3.25. The molecule has 1 aromatic heterocycles. The highest BCUT2D eigenvalue weighted by Crippen LogP contribution is 2.26. The Morgan fingerprint density at radius 3 is 3.00 bits per heavy atom. The summed E-state index contributed by atoms with van der Waals surface area (Å²) in [6.45, 7) is 0. The molecule has 6 heteroatoms. The monoisotopic (exact) mass is 227 g/mol. The van der Waals surface area contributed by atoms with E-state index in [9.17, 15) is 4.79 Å². The molecule has 2 heterocycles. The molecule has 0 N–H and O–H groups in total. The van der Waals surface area contributed by atoms with Gasteiger partial charge in [0.2, 0.25) is 0 Å². The summed E-state index contributed by atoms with van der Waals surface area (Å²) in [6.07, 6.45) is 3.86. The molecule has 0 saturated carbocycles. The first-order valence-electron chi connectivity index (χ1n) is 4.89. The minimum Gasteiger partial charge on any atom is -0.464 e. The highest BCUT2D eigenvalue weighted by molar-refractivity contribution is 7.99. The van der Waals surface area contributed by atoms with E-state index in [-0.39, 0.29) is 5.69 Å². The molecular formula is C9H13N3O2S. The molecule has 0 radical (unpaired) electrons. The molecule has 0 spiro atoms. The third-order valence-corrected chi connectivity index (χ3v) is 3.52. The lowest BCUT2D eigenvalue weighted by molar-refractivity contribution is 0.0594. The van der Waals surface area contributed by atoms with E-state index >= 15 is 0 Å². The Hall–Kier alpha value is -1.04. The molecule has 2 rings (SSSR count). The number of nitrogens with zero attached hydrogens (tertiary/aromatic N) is 3. The van der Waals surface area contributed by atoms with Crippen LogP contribution in [-0.2, 0) is 4.74 Å². The molecule has 0 aromatic carbocycles. The second-order valence-electron chi connectivity index (χ2n) is 3.42. The van der Waals surface area contributed by atoms with Gasteiger partial charge in [0.1, 0.15) is 0 Å². The summed E-state index contributed by atoms with van der Waals surface area (Å²) in [7, 11) is 1.35. The van der Waals surface area contributed by atoms with Crippen molar-refractivity contribution in [1.82, 2.24) is 15.0 Å². The zero-order valence-corrected chi connectivity index (χ0v) is 9.37. The fraction of sp³-hybridized carbons (Fsp3) is 0.667. The van der Waals surface area contributed by atoms with Crippen molar-refractivity contribution in [1.29, 1.82) is 0 Å². The smallest absolute Gasteiger partial charge is 0.360 e. The maximum Gasteiger partial charge on any atom is 0.360 e. The molecule has 1 saturated heterocycles. The Morgan fingerprint density at radius 2 is 2.33 bits per heavy atom. The highest BCUT2D eigenvalue weighted by Gasteiger charge is 2.19. The Labute approximate surface area is 92.2 Å². The molecule has 15 heavy (non-hydrogen) atoms. The molecule has 5 nitrogen and oxygen atoms in total. The normalized spacial score (nSPS) is 17.7. The third kappa shape index (κ3) is 2.31. The number of hydrogen-bond acceptors (Lipinski definition) is 5. The van der Waals surface area contributed by atoms with Gasteiger partial charge in [-0.25, -0.2) is 9.48 Å². The van der Waals surface area contributed by atoms with Crippen LogP contribution < -0.4 is 0 Å². The van der Waals surface area contributed by atoms with Gasteiger partial charge in [-0.15, -0.1) is 5.10 Å². The van der Waals surface area contributed by atoms with E-state index in [1.165, 1.54) is 7.11 Å². The van der Waals surface area contributed by atoms with Crippen LogP contribution in [0.5, 0.6) is 0 Å². The van der Waals surface area contributed by atoms with Crippen LogP contribution in [0.3, 0.4) is 0 Å². The fourth-order valence-electron chi connectivity index (χ4n) is 1.60. The maximum atomic E-state index is 11.2. The predicted octanol–water partition coefficient (Wildman–Crippen LogP) is 1.13. The predicted molar refractivity (Wildman–Crippen MR) is 57.0 cm³/mol. The van der Waals surface area contributed by atoms with Crippen LogP contribution in [0.2, 0.25) is 0 Å². The van der Waals surface area contributed by atoms with Crippen LogP contribution in [-0.4, -0.2) is 39.6 Å². The number of carbonyl (C=O) groups is 1. The fourth-order valence-corrected chi connectivity index (χ4v) is 2.68. The van der Waals surface area contributed by atoms with Gasteiger partial charge < -0.3 is 4.74 Å². The largest absolute Gasteiger partial charge is 0.464 e. The van der Waals surface area contributed by atoms with Crippen molar-refractivity contribution in [3.8, 4) is 0 Å². The molecule has 0 aliphatic carbocycles. The zero-order chi connectivity index (χ0) is 10.7. The lowest BCUT2D eigenvalue weighted by Gasteiger charge is -2.20. The number of esters is 1. The van der Waals surface area contributed by atoms with Gasteiger partial charge in [0.05, 0.1) is 19.3 Å². The molecule has 82 valence electrons. The number of ether oxygens (including phenoxy) is 1. The van der Waals surface area contributed by atoms with Crippen LogP contribution in [0.15, 0.2) is 6.20 Å². The van der Waals surface area contributed by atoms with Crippen molar-refractivity contribution in [2.45, 2.75) is 18.9 Å². The van der Waals surface area contributed by atoms with Crippen molar-refractivity contribution < 1.29 is 9.53 Å². The molecule has 1 aromatic rings. The molecule has 0 bridgehead atoms. The first-order valence-corrected chi connectivity index (χ1v) is 6.04. The summed E-state index contributed by atoms with van der Waals surface area (Å²) in [5.41, 5.74) is 0.288. The molecule has 1 aliphatic rings. The van der Waals surface area contributed by atoms with E-state index in [1.54, 1.807) is 10.9 Å². The number of rotatable bonds is 2. The molecule has 1 aliphatic heterocycles. The average Bonchev–Trinajstić information content (AvgIpc) is 2.78. The zero-order valence-electron chi connectivity index (χ0n) is 8.55. The van der Waals surface area contributed by atoms with Gasteiger partial charge in [-0.1, -0.05) is 5.21 Å². The summed E-state index contributed by atoms with van der Waals surface area (Å²) in [5, 5.41) is 7.76. The minimum atomic E-state index is -0.425. The van der Waals surface area contributed by atoms with Gasteiger partial charge in [0, 0.05) is 0 Å². The summed E-state index contributed by atoms with van der Waals surface area (Å²) < 4.78 is 6.36. The van der Waals surface area contributed by atoms with E-state index in [2.05, 4.69) is 15.0 Å². The van der Waals surface area contributed by atoms with Crippen molar-refractivity contribution >= 4 is 17.7 Å². The van der Waals surface area contributed by atoms with Gasteiger partial charge in [0.25, 0.3) is 0 Å². The van der Waals surface area contributed by atoms with E-state index in [0.717, 1.165) is 24.3 Å². The average molecular weight is 227 g/mol. The Balaban J connectivity index is 2.08. The topological polar surface area (TPSA) is 57.0 Å². The van der Waals surface area contributed by atoms with Crippen LogP contribution in [0.1, 0.15) is 29.4 Å². The second kappa shape index (κ2) is 4.65. The maximum absolute atomic E-state index is 11.2. The third-order valence-electron chi connectivity index (χ3n) is 2.47. The summed E-state index contributed by atoms with van der Waals surface area (Å²) in [5.74, 6) is 1.88. The van der Waals surface area contributed by atoms with E-state index in [1.807, 2.05) is 11.8 Å². The first kappa shape index (κ1) is 10.5. The molecule has 0 unspecified atom stereocenters. The van der Waals surface area contributed by atoms with Crippen LogP contribution in [0, 0.1) is 0 Å². The molecule has 0 atom stereocenters. The Morgan fingerprint density at radius 1 is 1.60 bits per heavy atom. The Bertz CT molecular complexity index is 347. The van der Waals surface area contributed by atoms with Gasteiger partial charge >= 0.3 is 5.97 Å². The van der Waals surface area contributed by atoms with Crippen molar-refractivity contribution in [2.24, 2.45) is 0 Å². The summed E-state index contributed by atoms with van der Waals surface area (Å²) in [6, 6.07) is 0.386. The first-order chi connectivity index (χ1) is 7.31. The van der Waals surface area contributed by atoms with E-state index in [4.69, 9.17) is 0 Å². The van der Waals surface area contributed by atoms with Gasteiger partial charge in [-0.3, -0.25) is 0 Å². The quantitative estimate of drug-likeness (QED) is 0.709. The lowest BCUT2D eigenvalue weighted by Crippen LogP contribution is -2.15. The second-order valence-corrected chi connectivity index (χ2v) is 4.64. The van der Waals surface area contributed by atoms with Gasteiger partial charge in [0.15, 0.2) is 5.69 Å². The standard InChI is InChI=1S/C9H13N3O2S/c1-14-9(13)8-6-12(11-10-8)7-2-4-15-5-3-7/h6-7H,2-5H2,1H3. The lowest BCUT2D eigenvalue weighted by atomic mass is 10.2. The minimum absolute atomic E-state index is 0.288. The van der Waals surface area contributed by atoms with Crippen molar-refractivity contribution in [2.75, 3.05) is 18.6 Å².